The number of fused-ring (bicyclic) bond motifs is 1. The van der Waals surface area contributed by atoms with Gasteiger partial charge in [0, 0.05) is 11.6 Å². The number of hydrogen-bond acceptors (Lipinski definition) is 5. The Hall–Kier alpha value is -3.26. The molecule has 0 fully saturated rings. The molecule has 144 valence electrons. The van der Waals surface area contributed by atoms with Crippen molar-refractivity contribution in [1.29, 1.82) is 0 Å². The second-order valence-electron chi connectivity index (χ2n) is 6.17. The van der Waals surface area contributed by atoms with E-state index in [0.717, 1.165) is 5.39 Å². The first-order valence-electron chi connectivity index (χ1n) is 8.54. The number of benzene rings is 2. The molecular weight excluding hydrogens is 380 g/mol. The van der Waals surface area contributed by atoms with E-state index < -0.39 is 33.5 Å². The molecule has 1 heterocycles. The SMILES string of the molecule is O=C(N[C@H](CCS(=O)(=O)c1ccccc1)C(=O)O)c1cccc2cccnc12. The number of nitrogens with one attached hydrogen (secondary N) is 1. The molecule has 0 saturated heterocycles. The Morgan fingerprint density at radius 3 is 2.43 bits per heavy atom. The molecule has 0 aliphatic heterocycles. The summed E-state index contributed by atoms with van der Waals surface area (Å²) in [6.45, 7) is 0. The highest BCUT2D eigenvalue weighted by Crippen LogP contribution is 2.17. The smallest absolute Gasteiger partial charge is 0.326 e. The number of nitrogens with zero attached hydrogens (tertiary/aromatic N) is 1. The van der Waals surface area contributed by atoms with Crippen molar-refractivity contribution in [3.63, 3.8) is 0 Å². The molecule has 1 amide bonds. The van der Waals surface area contributed by atoms with Gasteiger partial charge in [-0.25, -0.2) is 13.2 Å². The molecule has 0 spiro atoms. The molecule has 7 nitrogen and oxygen atoms in total. The minimum absolute atomic E-state index is 0.115. The van der Waals surface area contributed by atoms with Gasteiger partial charge in [0.2, 0.25) is 0 Å². The Labute approximate surface area is 162 Å². The van der Waals surface area contributed by atoms with Gasteiger partial charge in [-0.15, -0.1) is 0 Å². The summed E-state index contributed by atoms with van der Waals surface area (Å²) < 4.78 is 24.7. The maximum absolute atomic E-state index is 12.6. The zero-order valence-electron chi connectivity index (χ0n) is 14.8. The van der Waals surface area contributed by atoms with Crippen molar-refractivity contribution in [2.45, 2.75) is 17.4 Å². The van der Waals surface area contributed by atoms with Gasteiger partial charge in [-0.3, -0.25) is 9.78 Å². The number of para-hydroxylation sites is 1. The van der Waals surface area contributed by atoms with Gasteiger partial charge in [-0.1, -0.05) is 36.4 Å². The first-order chi connectivity index (χ1) is 13.4. The van der Waals surface area contributed by atoms with Crippen LogP contribution in [-0.2, 0) is 14.6 Å². The fraction of sp³-hybridized carbons (Fsp3) is 0.150. The summed E-state index contributed by atoms with van der Waals surface area (Å²) in [5.41, 5.74) is 0.679. The van der Waals surface area contributed by atoms with Crippen LogP contribution >= 0.6 is 0 Å². The number of sulfone groups is 1. The first kappa shape index (κ1) is 19.5. The second-order valence-corrected chi connectivity index (χ2v) is 8.27. The largest absolute Gasteiger partial charge is 0.480 e. The van der Waals surface area contributed by atoms with Gasteiger partial charge < -0.3 is 10.4 Å². The average molecular weight is 398 g/mol. The van der Waals surface area contributed by atoms with E-state index in [1.807, 2.05) is 0 Å². The zero-order valence-corrected chi connectivity index (χ0v) is 15.6. The molecular formula is C20H18N2O5S. The van der Waals surface area contributed by atoms with Crippen LogP contribution in [-0.4, -0.2) is 42.2 Å². The van der Waals surface area contributed by atoms with Gasteiger partial charge in [0.15, 0.2) is 9.84 Å². The standard InChI is InChI=1S/C20H18N2O5S/c23-19(16-10-4-6-14-7-5-12-21-18(14)16)22-17(20(24)25)11-13-28(26,27)15-8-2-1-3-9-15/h1-10,12,17H,11,13H2,(H,22,23)(H,24,25)/t17-/m1/s1. The molecule has 1 aromatic heterocycles. The van der Waals surface area contributed by atoms with Crippen LogP contribution in [0.4, 0.5) is 0 Å². The van der Waals surface area contributed by atoms with Crippen molar-refractivity contribution in [3.8, 4) is 0 Å². The van der Waals surface area contributed by atoms with Gasteiger partial charge >= 0.3 is 5.97 Å². The third-order valence-corrected chi connectivity index (χ3v) is 6.02. The second kappa shape index (κ2) is 8.18. The zero-order chi connectivity index (χ0) is 20.1. The monoisotopic (exact) mass is 398 g/mol. The van der Waals surface area contributed by atoms with Gasteiger partial charge in [0.25, 0.3) is 5.91 Å². The number of rotatable bonds is 7. The number of carboxylic acids is 1. The van der Waals surface area contributed by atoms with Crippen molar-refractivity contribution in [3.05, 3.63) is 72.4 Å². The van der Waals surface area contributed by atoms with Crippen LogP contribution in [0.1, 0.15) is 16.8 Å². The van der Waals surface area contributed by atoms with Gasteiger partial charge in [-0.05, 0) is 30.7 Å². The number of aromatic nitrogens is 1. The molecule has 0 bridgehead atoms. The molecule has 0 saturated carbocycles. The molecule has 0 aliphatic carbocycles. The van der Waals surface area contributed by atoms with E-state index in [0.29, 0.717) is 5.52 Å². The summed E-state index contributed by atoms with van der Waals surface area (Å²) in [4.78, 5) is 28.5. The normalized spacial score (nSPS) is 12.4. The van der Waals surface area contributed by atoms with Crippen molar-refractivity contribution < 1.29 is 23.1 Å². The number of carbonyl (C=O) groups excluding carboxylic acids is 1. The lowest BCUT2D eigenvalue weighted by Gasteiger charge is -2.15. The summed E-state index contributed by atoms with van der Waals surface area (Å²) in [7, 11) is -3.65. The topological polar surface area (TPSA) is 113 Å². The van der Waals surface area contributed by atoms with Crippen LogP contribution in [0, 0.1) is 0 Å². The highest BCUT2D eigenvalue weighted by atomic mass is 32.2. The predicted molar refractivity (Wildman–Crippen MR) is 104 cm³/mol. The Kier molecular flexibility index (Phi) is 5.70. The van der Waals surface area contributed by atoms with E-state index in [9.17, 15) is 23.1 Å². The average Bonchev–Trinajstić information content (AvgIpc) is 2.71. The molecule has 0 aliphatic rings. The Morgan fingerprint density at radius 2 is 1.71 bits per heavy atom. The van der Waals surface area contributed by atoms with E-state index in [1.165, 1.54) is 12.1 Å². The number of hydrogen-bond donors (Lipinski definition) is 2. The minimum atomic E-state index is -3.65. The quantitative estimate of drug-likeness (QED) is 0.631. The molecule has 28 heavy (non-hydrogen) atoms. The van der Waals surface area contributed by atoms with E-state index in [4.69, 9.17) is 0 Å². The first-order valence-corrected chi connectivity index (χ1v) is 10.2. The summed E-state index contributed by atoms with van der Waals surface area (Å²) in [5, 5.41) is 12.6. The number of carboxylic acid groups (broad SMARTS) is 1. The van der Waals surface area contributed by atoms with Crippen LogP contribution in [0.2, 0.25) is 0 Å². The van der Waals surface area contributed by atoms with Crippen molar-refractivity contribution in [1.82, 2.24) is 10.3 Å². The lowest BCUT2D eigenvalue weighted by Crippen LogP contribution is -2.42. The van der Waals surface area contributed by atoms with Gasteiger partial charge in [0.05, 0.1) is 21.7 Å². The number of pyridine rings is 1. The third kappa shape index (κ3) is 4.34. The Morgan fingerprint density at radius 1 is 1.00 bits per heavy atom. The molecule has 2 N–H and O–H groups in total. The van der Waals surface area contributed by atoms with E-state index in [-0.39, 0.29) is 16.9 Å². The molecule has 2 aromatic carbocycles. The van der Waals surface area contributed by atoms with Gasteiger partial charge in [0.1, 0.15) is 6.04 Å². The molecule has 3 aromatic rings. The summed E-state index contributed by atoms with van der Waals surface area (Å²) in [5.74, 6) is -2.32. The number of aliphatic carboxylic acids is 1. The summed E-state index contributed by atoms with van der Waals surface area (Å²) in [6.07, 6.45) is 1.29. The molecule has 8 heteroatoms. The number of amides is 1. The predicted octanol–water partition coefficient (Wildman–Crippen LogP) is 2.28. The highest BCUT2D eigenvalue weighted by molar-refractivity contribution is 7.91. The van der Waals surface area contributed by atoms with Crippen molar-refractivity contribution in [2.75, 3.05) is 5.75 Å². The van der Waals surface area contributed by atoms with Crippen LogP contribution < -0.4 is 5.32 Å². The fourth-order valence-corrected chi connectivity index (χ4v) is 4.15. The molecule has 0 radical (unpaired) electrons. The summed E-state index contributed by atoms with van der Waals surface area (Å²) >= 11 is 0. The number of carbonyl (C=O) groups is 2. The maximum Gasteiger partial charge on any atom is 0.326 e. The van der Waals surface area contributed by atoms with E-state index in [1.54, 1.807) is 54.7 Å². The van der Waals surface area contributed by atoms with E-state index >= 15 is 0 Å². The van der Waals surface area contributed by atoms with Crippen molar-refractivity contribution in [2.24, 2.45) is 0 Å². The third-order valence-electron chi connectivity index (χ3n) is 4.26. The minimum Gasteiger partial charge on any atom is -0.480 e. The molecule has 0 unspecified atom stereocenters. The van der Waals surface area contributed by atoms with Crippen LogP contribution in [0.5, 0.6) is 0 Å². The lowest BCUT2D eigenvalue weighted by molar-refractivity contribution is -0.139. The highest BCUT2D eigenvalue weighted by Gasteiger charge is 2.25. The lowest BCUT2D eigenvalue weighted by atomic mass is 10.1. The van der Waals surface area contributed by atoms with Crippen LogP contribution in [0.15, 0.2) is 71.8 Å². The van der Waals surface area contributed by atoms with Gasteiger partial charge in [-0.2, -0.15) is 0 Å². The fourth-order valence-electron chi connectivity index (χ4n) is 2.80. The Bertz CT molecular complexity index is 1110. The molecule has 1 atom stereocenters. The van der Waals surface area contributed by atoms with Crippen LogP contribution in [0.3, 0.4) is 0 Å². The Balaban J connectivity index is 1.76. The molecule has 3 rings (SSSR count). The maximum atomic E-state index is 12.6. The van der Waals surface area contributed by atoms with Crippen LogP contribution in [0.25, 0.3) is 10.9 Å². The van der Waals surface area contributed by atoms with Crippen molar-refractivity contribution >= 4 is 32.6 Å². The van der Waals surface area contributed by atoms with E-state index in [2.05, 4.69) is 10.3 Å². The summed E-state index contributed by atoms with van der Waals surface area (Å²) in [6, 6.07) is 15.0.